The maximum absolute atomic E-state index is 12.6. The van der Waals surface area contributed by atoms with E-state index in [0.717, 1.165) is 12.1 Å². The summed E-state index contributed by atoms with van der Waals surface area (Å²) in [5.74, 6) is -0.181. The quantitative estimate of drug-likeness (QED) is 0.637. The van der Waals surface area contributed by atoms with E-state index < -0.39 is 0 Å². The van der Waals surface area contributed by atoms with E-state index >= 15 is 0 Å². The molecule has 2 heteroatoms. The minimum atomic E-state index is -0.181. The standard InChI is InChI=1S/C11H12FN/c1-9-3-2-8-13(9)11-6-4-10(12)5-7-11/h2,4-9H,3H2,1H3. The second kappa shape index (κ2) is 3.21. The number of rotatable bonds is 1. The Morgan fingerprint density at radius 2 is 2.00 bits per heavy atom. The van der Waals surface area contributed by atoms with E-state index in [1.54, 1.807) is 0 Å². The van der Waals surface area contributed by atoms with Gasteiger partial charge < -0.3 is 4.90 Å². The summed E-state index contributed by atoms with van der Waals surface area (Å²) in [6, 6.07) is 7.09. The lowest BCUT2D eigenvalue weighted by molar-refractivity contribution is 0.627. The first-order valence-electron chi connectivity index (χ1n) is 4.48. The molecule has 0 saturated heterocycles. The summed E-state index contributed by atoms with van der Waals surface area (Å²) >= 11 is 0. The smallest absolute Gasteiger partial charge is 0.123 e. The molecule has 0 N–H and O–H groups in total. The Morgan fingerprint density at radius 3 is 2.54 bits per heavy atom. The van der Waals surface area contributed by atoms with Gasteiger partial charge in [-0.25, -0.2) is 4.39 Å². The molecule has 0 saturated carbocycles. The van der Waals surface area contributed by atoms with Crippen LogP contribution >= 0.6 is 0 Å². The van der Waals surface area contributed by atoms with Crippen molar-refractivity contribution in [2.75, 3.05) is 4.90 Å². The molecular weight excluding hydrogens is 165 g/mol. The molecule has 68 valence electrons. The van der Waals surface area contributed by atoms with Gasteiger partial charge >= 0.3 is 0 Å². The average Bonchev–Trinajstić information content (AvgIpc) is 2.53. The van der Waals surface area contributed by atoms with Crippen LogP contribution in [0.25, 0.3) is 0 Å². The zero-order valence-corrected chi connectivity index (χ0v) is 7.57. The van der Waals surface area contributed by atoms with Crippen molar-refractivity contribution >= 4 is 5.69 Å². The normalized spacial score (nSPS) is 21.1. The first kappa shape index (κ1) is 8.30. The number of hydrogen-bond acceptors (Lipinski definition) is 1. The Labute approximate surface area is 77.5 Å². The van der Waals surface area contributed by atoms with Gasteiger partial charge in [0, 0.05) is 17.9 Å². The SMILES string of the molecule is CC1CC=CN1c1ccc(F)cc1. The zero-order chi connectivity index (χ0) is 9.26. The van der Waals surface area contributed by atoms with Crippen molar-refractivity contribution in [3.63, 3.8) is 0 Å². The lowest BCUT2D eigenvalue weighted by Gasteiger charge is -2.22. The van der Waals surface area contributed by atoms with Crippen LogP contribution in [0, 0.1) is 5.82 Å². The molecule has 0 spiro atoms. The summed E-state index contributed by atoms with van der Waals surface area (Å²) in [5.41, 5.74) is 1.06. The van der Waals surface area contributed by atoms with Crippen LogP contribution in [0.4, 0.5) is 10.1 Å². The summed E-state index contributed by atoms with van der Waals surface area (Å²) in [5, 5.41) is 0. The van der Waals surface area contributed by atoms with E-state index in [0.29, 0.717) is 6.04 Å². The molecule has 1 heterocycles. The molecule has 13 heavy (non-hydrogen) atoms. The van der Waals surface area contributed by atoms with Gasteiger partial charge in [-0.1, -0.05) is 6.08 Å². The maximum atomic E-state index is 12.6. The molecule has 1 aromatic rings. The number of anilines is 1. The molecule has 1 aromatic carbocycles. The third-order valence-electron chi connectivity index (χ3n) is 2.34. The Bertz CT molecular complexity index is 315. The monoisotopic (exact) mass is 177 g/mol. The van der Waals surface area contributed by atoms with E-state index in [4.69, 9.17) is 0 Å². The van der Waals surface area contributed by atoms with Crippen molar-refractivity contribution in [1.82, 2.24) is 0 Å². The van der Waals surface area contributed by atoms with Gasteiger partial charge in [-0.3, -0.25) is 0 Å². The van der Waals surface area contributed by atoms with Crippen LogP contribution in [0.2, 0.25) is 0 Å². The van der Waals surface area contributed by atoms with Gasteiger partial charge in [-0.05, 0) is 37.6 Å². The van der Waals surface area contributed by atoms with Crippen LogP contribution in [0.1, 0.15) is 13.3 Å². The van der Waals surface area contributed by atoms with Gasteiger partial charge in [-0.2, -0.15) is 0 Å². The fraction of sp³-hybridized carbons (Fsp3) is 0.273. The molecule has 1 aliphatic rings. The Kier molecular flexibility index (Phi) is 2.05. The summed E-state index contributed by atoms with van der Waals surface area (Å²) in [7, 11) is 0. The zero-order valence-electron chi connectivity index (χ0n) is 7.57. The molecule has 0 fully saturated rings. The fourth-order valence-corrected chi connectivity index (χ4v) is 1.59. The van der Waals surface area contributed by atoms with Crippen molar-refractivity contribution in [3.8, 4) is 0 Å². The van der Waals surface area contributed by atoms with E-state index in [9.17, 15) is 4.39 Å². The molecule has 1 unspecified atom stereocenters. The summed E-state index contributed by atoms with van der Waals surface area (Å²) in [6.45, 7) is 2.16. The van der Waals surface area contributed by atoms with E-state index in [-0.39, 0.29) is 5.82 Å². The molecule has 0 radical (unpaired) electrons. The van der Waals surface area contributed by atoms with Gasteiger partial charge in [0.25, 0.3) is 0 Å². The highest BCUT2D eigenvalue weighted by molar-refractivity contribution is 5.51. The molecule has 1 aliphatic heterocycles. The van der Waals surface area contributed by atoms with Crippen LogP contribution < -0.4 is 4.90 Å². The van der Waals surface area contributed by atoms with Crippen molar-refractivity contribution in [2.45, 2.75) is 19.4 Å². The van der Waals surface area contributed by atoms with Gasteiger partial charge in [-0.15, -0.1) is 0 Å². The third-order valence-corrected chi connectivity index (χ3v) is 2.34. The van der Waals surface area contributed by atoms with Crippen molar-refractivity contribution in [2.24, 2.45) is 0 Å². The van der Waals surface area contributed by atoms with Crippen LogP contribution in [-0.2, 0) is 0 Å². The van der Waals surface area contributed by atoms with E-state index in [2.05, 4.69) is 24.1 Å². The Hall–Kier alpha value is -1.31. The highest BCUT2D eigenvalue weighted by atomic mass is 19.1. The van der Waals surface area contributed by atoms with Crippen molar-refractivity contribution in [1.29, 1.82) is 0 Å². The lowest BCUT2D eigenvalue weighted by atomic mass is 10.2. The number of hydrogen-bond donors (Lipinski definition) is 0. The van der Waals surface area contributed by atoms with E-state index in [1.165, 1.54) is 12.1 Å². The summed E-state index contributed by atoms with van der Waals surface area (Å²) in [4.78, 5) is 2.15. The molecule has 0 bridgehead atoms. The predicted octanol–water partition coefficient (Wildman–Crippen LogP) is 2.94. The first-order chi connectivity index (χ1) is 6.27. The van der Waals surface area contributed by atoms with E-state index in [1.807, 2.05) is 12.1 Å². The average molecular weight is 177 g/mol. The minimum Gasteiger partial charge on any atom is -0.345 e. The molecule has 1 nitrogen and oxygen atoms in total. The highest BCUT2D eigenvalue weighted by Crippen LogP contribution is 2.23. The summed E-state index contributed by atoms with van der Waals surface area (Å²) in [6.07, 6.45) is 5.25. The van der Waals surface area contributed by atoms with Crippen molar-refractivity contribution in [3.05, 3.63) is 42.4 Å². The molecule has 0 amide bonds. The second-order valence-electron chi connectivity index (χ2n) is 3.35. The molecule has 0 aromatic heterocycles. The van der Waals surface area contributed by atoms with Crippen LogP contribution in [-0.4, -0.2) is 6.04 Å². The fourth-order valence-electron chi connectivity index (χ4n) is 1.59. The first-order valence-corrected chi connectivity index (χ1v) is 4.48. The number of halogens is 1. The van der Waals surface area contributed by atoms with Gasteiger partial charge in [0.1, 0.15) is 5.82 Å². The number of benzene rings is 1. The van der Waals surface area contributed by atoms with Crippen LogP contribution in [0.15, 0.2) is 36.5 Å². The molecular formula is C11H12FN. The highest BCUT2D eigenvalue weighted by Gasteiger charge is 2.14. The Balaban J connectivity index is 2.25. The maximum Gasteiger partial charge on any atom is 0.123 e. The Morgan fingerprint density at radius 1 is 1.31 bits per heavy atom. The van der Waals surface area contributed by atoms with Crippen LogP contribution in [0.5, 0.6) is 0 Å². The topological polar surface area (TPSA) is 3.24 Å². The van der Waals surface area contributed by atoms with Crippen molar-refractivity contribution < 1.29 is 4.39 Å². The van der Waals surface area contributed by atoms with Gasteiger partial charge in [0.15, 0.2) is 0 Å². The second-order valence-corrected chi connectivity index (χ2v) is 3.35. The third kappa shape index (κ3) is 1.57. The molecule has 0 aliphatic carbocycles. The largest absolute Gasteiger partial charge is 0.345 e. The van der Waals surface area contributed by atoms with Gasteiger partial charge in [0.05, 0.1) is 0 Å². The lowest BCUT2D eigenvalue weighted by Crippen LogP contribution is -2.22. The summed E-state index contributed by atoms with van der Waals surface area (Å²) < 4.78 is 12.6. The molecule has 1 atom stereocenters. The molecule has 2 rings (SSSR count). The van der Waals surface area contributed by atoms with Gasteiger partial charge in [0.2, 0.25) is 0 Å². The predicted molar refractivity (Wildman–Crippen MR) is 52.1 cm³/mol. The van der Waals surface area contributed by atoms with Crippen LogP contribution in [0.3, 0.4) is 0 Å². The minimum absolute atomic E-state index is 0.181. The number of nitrogens with zero attached hydrogens (tertiary/aromatic N) is 1.